The number of hydrogen-bond acceptors (Lipinski definition) is 9. The minimum atomic E-state index is -0.675. The number of carbonyl (C=O) groups excluding carboxylic acids is 3. The van der Waals surface area contributed by atoms with E-state index in [1.54, 1.807) is 24.4 Å². The van der Waals surface area contributed by atoms with Gasteiger partial charge in [-0.3, -0.25) is 14.4 Å². The lowest BCUT2D eigenvalue weighted by atomic mass is 10.1. The molecular weight excluding hydrogens is 480 g/mol. The molecule has 0 bridgehead atoms. The molecule has 0 radical (unpaired) electrons. The van der Waals surface area contributed by atoms with Crippen LogP contribution in [0.2, 0.25) is 0 Å². The molecule has 194 valence electrons. The number of para-hydroxylation sites is 1. The van der Waals surface area contributed by atoms with Crippen molar-refractivity contribution in [2.24, 2.45) is 11.7 Å². The van der Waals surface area contributed by atoms with E-state index in [9.17, 15) is 14.4 Å². The van der Waals surface area contributed by atoms with Crippen LogP contribution in [0, 0.1) is 5.92 Å². The van der Waals surface area contributed by atoms with Crippen molar-refractivity contribution in [3.8, 4) is 17.0 Å². The maximum absolute atomic E-state index is 12.2. The molecule has 1 aliphatic carbocycles. The molecular formula is C24H28N8O5. The summed E-state index contributed by atoms with van der Waals surface area (Å²) >= 11 is 0. The van der Waals surface area contributed by atoms with Crippen molar-refractivity contribution >= 4 is 34.9 Å². The zero-order valence-electron chi connectivity index (χ0n) is 20.5. The second-order valence-electron chi connectivity index (χ2n) is 8.36. The van der Waals surface area contributed by atoms with Crippen molar-refractivity contribution in [2.75, 3.05) is 38.0 Å². The number of nitrogens with one attached hydrogen (secondary N) is 3. The number of pyridine rings is 1. The van der Waals surface area contributed by atoms with Gasteiger partial charge in [0.25, 0.3) is 5.91 Å². The minimum Gasteiger partial charge on any atom is -0.494 e. The van der Waals surface area contributed by atoms with Gasteiger partial charge in [0.15, 0.2) is 5.75 Å². The third-order valence-electron chi connectivity index (χ3n) is 5.58. The van der Waals surface area contributed by atoms with E-state index in [0.717, 1.165) is 12.8 Å². The van der Waals surface area contributed by atoms with Gasteiger partial charge in [-0.25, -0.2) is 4.98 Å². The number of rotatable bonds is 12. The maximum Gasteiger partial charge on any atom is 0.252 e. The fourth-order valence-corrected chi connectivity index (χ4v) is 3.61. The molecule has 5 N–H and O–H groups in total. The number of carbonyl (C=O) groups is 3. The molecule has 37 heavy (non-hydrogen) atoms. The van der Waals surface area contributed by atoms with Gasteiger partial charge < -0.3 is 31.2 Å². The number of aromatic nitrogens is 4. The van der Waals surface area contributed by atoms with Crippen LogP contribution in [0.1, 0.15) is 23.2 Å². The number of hydrogen-bond donors (Lipinski definition) is 4. The number of nitrogens with two attached hydrogens (primary N) is 1. The first-order chi connectivity index (χ1) is 17.9. The molecule has 1 fully saturated rings. The van der Waals surface area contributed by atoms with Gasteiger partial charge in [0, 0.05) is 37.4 Å². The van der Waals surface area contributed by atoms with Gasteiger partial charge in [-0.15, -0.1) is 0 Å². The van der Waals surface area contributed by atoms with Crippen molar-refractivity contribution in [3.63, 3.8) is 0 Å². The highest BCUT2D eigenvalue weighted by Gasteiger charge is 2.30. The molecule has 0 saturated heterocycles. The molecule has 0 spiro atoms. The van der Waals surface area contributed by atoms with Gasteiger partial charge in [0.2, 0.25) is 11.8 Å². The first-order valence-corrected chi connectivity index (χ1v) is 11.6. The highest BCUT2D eigenvalue weighted by atomic mass is 16.5. The van der Waals surface area contributed by atoms with E-state index < -0.39 is 5.91 Å². The van der Waals surface area contributed by atoms with Gasteiger partial charge >= 0.3 is 0 Å². The Bertz CT molecular complexity index is 1300. The van der Waals surface area contributed by atoms with E-state index in [0.29, 0.717) is 47.3 Å². The Balaban J connectivity index is 1.55. The molecule has 1 aromatic carbocycles. The zero-order valence-corrected chi connectivity index (χ0v) is 20.5. The maximum atomic E-state index is 12.2. The smallest absolute Gasteiger partial charge is 0.252 e. The number of amides is 3. The van der Waals surface area contributed by atoms with Gasteiger partial charge in [-0.1, -0.05) is 6.07 Å². The molecule has 3 amide bonds. The summed E-state index contributed by atoms with van der Waals surface area (Å²) in [5, 5.41) is 17.4. The van der Waals surface area contributed by atoms with Crippen LogP contribution in [-0.4, -0.2) is 65.1 Å². The largest absolute Gasteiger partial charge is 0.494 e. The summed E-state index contributed by atoms with van der Waals surface area (Å²) in [6.07, 6.45) is 4.62. The van der Waals surface area contributed by atoms with E-state index in [-0.39, 0.29) is 29.9 Å². The van der Waals surface area contributed by atoms with Crippen molar-refractivity contribution in [1.29, 1.82) is 0 Å². The quantitative estimate of drug-likeness (QED) is 0.281. The Morgan fingerprint density at radius 3 is 2.68 bits per heavy atom. The highest BCUT2D eigenvalue weighted by Crippen LogP contribution is 2.38. The highest BCUT2D eigenvalue weighted by molar-refractivity contribution is 6.01. The molecule has 2 aromatic heterocycles. The van der Waals surface area contributed by atoms with Crippen LogP contribution in [0.3, 0.4) is 0 Å². The first kappa shape index (κ1) is 25.6. The summed E-state index contributed by atoms with van der Waals surface area (Å²) in [4.78, 5) is 41.4. The Morgan fingerprint density at radius 2 is 1.97 bits per heavy atom. The second kappa shape index (κ2) is 11.5. The van der Waals surface area contributed by atoms with Crippen LogP contribution < -0.4 is 26.4 Å². The summed E-state index contributed by atoms with van der Waals surface area (Å²) in [5.74, 6) is -0.242. The average Bonchev–Trinajstić information content (AvgIpc) is 3.63. The van der Waals surface area contributed by atoms with Crippen LogP contribution >= 0.6 is 0 Å². The number of nitrogens with zero attached hydrogens (tertiary/aromatic N) is 4. The molecule has 0 aliphatic heterocycles. The average molecular weight is 509 g/mol. The number of benzene rings is 1. The van der Waals surface area contributed by atoms with Crippen LogP contribution in [0.4, 0.5) is 17.2 Å². The molecule has 1 aliphatic rings. The van der Waals surface area contributed by atoms with Gasteiger partial charge in [0.05, 0.1) is 36.8 Å². The Hall–Kier alpha value is -4.52. The lowest BCUT2D eigenvalue weighted by Crippen LogP contribution is -2.30. The van der Waals surface area contributed by atoms with Gasteiger partial charge in [-0.05, 0) is 25.0 Å². The number of methoxy groups -OCH3 is 2. The lowest BCUT2D eigenvalue weighted by Gasteiger charge is -2.16. The number of primary amides is 1. The normalized spacial score (nSPS) is 12.6. The van der Waals surface area contributed by atoms with Gasteiger partial charge in [0.1, 0.15) is 18.1 Å². The van der Waals surface area contributed by atoms with Crippen molar-refractivity contribution < 1.29 is 23.9 Å². The minimum absolute atomic E-state index is 0.000782. The van der Waals surface area contributed by atoms with Gasteiger partial charge in [-0.2, -0.15) is 15.0 Å². The molecule has 0 atom stereocenters. The van der Waals surface area contributed by atoms with Crippen LogP contribution in [0.5, 0.6) is 5.75 Å². The van der Waals surface area contributed by atoms with Crippen LogP contribution in [0.15, 0.2) is 36.7 Å². The van der Waals surface area contributed by atoms with E-state index >= 15 is 0 Å². The van der Waals surface area contributed by atoms with E-state index in [4.69, 9.17) is 15.2 Å². The zero-order chi connectivity index (χ0) is 26.4. The van der Waals surface area contributed by atoms with E-state index in [2.05, 4.69) is 31.1 Å². The third kappa shape index (κ3) is 6.38. The van der Waals surface area contributed by atoms with E-state index in [1.165, 1.54) is 25.2 Å². The van der Waals surface area contributed by atoms with Crippen LogP contribution in [0.25, 0.3) is 11.3 Å². The second-order valence-corrected chi connectivity index (χ2v) is 8.36. The molecule has 0 unspecified atom stereocenters. The predicted octanol–water partition coefficient (Wildman–Crippen LogP) is 1.30. The number of ether oxygens (including phenoxy) is 2. The molecule has 13 nitrogen and oxygen atoms in total. The Morgan fingerprint density at radius 1 is 1.16 bits per heavy atom. The number of anilines is 3. The topological polar surface area (TPSA) is 175 Å². The monoisotopic (exact) mass is 508 g/mol. The SMILES string of the molecule is COCC(=O)NCCn1ncc(-c2cccc(Nc3cc(NC(=O)C4CC4)ncc3C(N)=O)c2OC)n1. The summed E-state index contributed by atoms with van der Waals surface area (Å²) < 4.78 is 10.5. The molecule has 3 aromatic rings. The Kier molecular flexibility index (Phi) is 7.93. The summed E-state index contributed by atoms with van der Waals surface area (Å²) in [7, 11) is 2.97. The summed E-state index contributed by atoms with van der Waals surface area (Å²) in [6.45, 7) is 0.689. The fraction of sp³-hybridized carbons (Fsp3) is 0.333. The Labute approximate surface area is 212 Å². The predicted molar refractivity (Wildman–Crippen MR) is 134 cm³/mol. The van der Waals surface area contributed by atoms with Crippen molar-refractivity contribution in [2.45, 2.75) is 19.4 Å². The molecule has 2 heterocycles. The van der Waals surface area contributed by atoms with E-state index in [1.807, 2.05) is 6.07 Å². The first-order valence-electron chi connectivity index (χ1n) is 11.6. The van der Waals surface area contributed by atoms with Crippen molar-refractivity contribution in [3.05, 3.63) is 42.2 Å². The van der Waals surface area contributed by atoms with Crippen molar-refractivity contribution in [1.82, 2.24) is 25.3 Å². The summed E-state index contributed by atoms with van der Waals surface area (Å²) in [5.41, 5.74) is 7.80. The van der Waals surface area contributed by atoms with Crippen LogP contribution in [-0.2, 0) is 20.9 Å². The molecule has 13 heteroatoms. The third-order valence-corrected chi connectivity index (χ3v) is 5.58. The fourth-order valence-electron chi connectivity index (χ4n) is 3.61. The molecule has 4 rings (SSSR count). The molecule has 1 saturated carbocycles. The standard InChI is InChI=1S/C24H28N8O5/c1-36-13-21(33)26-8-9-32-28-12-19(31-32)15-4-3-5-17(22(15)37-2)29-18-10-20(27-11-16(18)23(25)34)30-24(35)14-6-7-14/h3-5,10-12,14H,6-9,13H2,1-2H3,(H2,25,34)(H,26,33)(H2,27,29,30,35). The lowest BCUT2D eigenvalue weighted by molar-refractivity contribution is -0.124. The summed E-state index contributed by atoms with van der Waals surface area (Å²) in [6, 6.07) is 6.94.